The maximum absolute atomic E-state index is 11.9. The predicted octanol–water partition coefficient (Wildman–Crippen LogP) is 2.08. The minimum absolute atomic E-state index is 0.389. The van der Waals surface area contributed by atoms with Crippen LogP contribution in [0.25, 0.3) is 0 Å². The highest BCUT2D eigenvalue weighted by Crippen LogP contribution is 2.23. The van der Waals surface area contributed by atoms with E-state index in [1.807, 2.05) is 0 Å². The van der Waals surface area contributed by atoms with E-state index in [2.05, 4.69) is 5.32 Å². The normalized spacial score (nSPS) is 21.6. The number of hydrogen-bond donors (Lipinski definition) is 2. The Morgan fingerprint density at radius 1 is 1.20 bits per heavy atom. The molecule has 1 atom stereocenters. The molecule has 0 aromatic rings. The molecular formula is C10H18F3NO. The van der Waals surface area contributed by atoms with E-state index in [9.17, 15) is 13.2 Å². The largest absolute Gasteiger partial charge is 0.415 e. The minimum atomic E-state index is -4.50. The van der Waals surface area contributed by atoms with E-state index in [-0.39, 0.29) is 6.54 Å². The molecule has 1 unspecified atom stereocenters. The van der Waals surface area contributed by atoms with E-state index in [4.69, 9.17) is 5.11 Å². The number of rotatable bonds is 4. The number of alkyl halides is 3. The summed E-state index contributed by atoms with van der Waals surface area (Å²) >= 11 is 0. The average molecular weight is 225 g/mol. The molecule has 15 heavy (non-hydrogen) atoms. The highest BCUT2D eigenvalue weighted by molar-refractivity contribution is 4.72. The van der Waals surface area contributed by atoms with Gasteiger partial charge in [0.2, 0.25) is 0 Å². The maximum Gasteiger partial charge on any atom is 0.415 e. The summed E-state index contributed by atoms with van der Waals surface area (Å²) in [5.74, 6) is 0.485. The van der Waals surface area contributed by atoms with Crippen molar-refractivity contribution >= 4 is 0 Å². The van der Waals surface area contributed by atoms with E-state index in [0.29, 0.717) is 12.5 Å². The van der Waals surface area contributed by atoms with Crippen LogP contribution in [0.2, 0.25) is 0 Å². The molecule has 0 aliphatic heterocycles. The van der Waals surface area contributed by atoms with Crippen LogP contribution in [0.3, 0.4) is 0 Å². The first kappa shape index (κ1) is 12.8. The molecule has 2 N–H and O–H groups in total. The van der Waals surface area contributed by atoms with Gasteiger partial charge in [-0.1, -0.05) is 19.3 Å². The Balaban J connectivity index is 2.10. The van der Waals surface area contributed by atoms with Crippen molar-refractivity contribution < 1.29 is 18.3 Å². The molecule has 90 valence electrons. The summed E-state index contributed by atoms with van der Waals surface area (Å²) in [6.45, 7) is 0.202. The van der Waals surface area contributed by atoms with Crippen molar-refractivity contribution in [2.75, 3.05) is 13.1 Å². The highest BCUT2D eigenvalue weighted by Gasteiger charge is 2.37. The zero-order valence-electron chi connectivity index (χ0n) is 8.69. The molecule has 1 aliphatic rings. The Morgan fingerprint density at radius 3 is 2.33 bits per heavy atom. The zero-order valence-corrected chi connectivity index (χ0v) is 8.69. The molecule has 0 heterocycles. The van der Waals surface area contributed by atoms with Gasteiger partial charge in [-0.2, -0.15) is 13.2 Å². The Bertz CT molecular complexity index is 178. The predicted molar refractivity (Wildman–Crippen MR) is 51.5 cm³/mol. The number of aliphatic hydroxyl groups is 1. The zero-order chi connectivity index (χ0) is 11.3. The molecule has 5 heteroatoms. The second-order valence-corrected chi connectivity index (χ2v) is 4.22. The van der Waals surface area contributed by atoms with Crippen molar-refractivity contribution in [3.63, 3.8) is 0 Å². The summed E-state index contributed by atoms with van der Waals surface area (Å²) in [5, 5.41) is 11.4. The van der Waals surface area contributed by atoms with Gasteiger partial charge in [0, 0.05) is 6.54 Å². The van der Waals surface area contributed by atoms with Gasteiger partial charge in [0.05, 0.1) is 0 Å². The first-order valence-corrected chi connectivity index (χ1v) is 5.45. The third-order valence-electron chi connectivity index (χ3n) is 2.87. The molecule has 0 spiro atoms. The molecule has 1 aliphatic carbocycles. The Kier molecular flexibility index (Phi) is 4.86. The summed E-state index contributed by atoms with van der Waals surface area (Å²) in [5.41, 5.74) is 0. The van der Waals surface area contributed by atoms with E-state index < -0.39 is 12.3 Å². The molecular weight excluding hydrogens is 207 g/mol. The second-order valence-electron chi connectivity index (χ2n) is 4.22. The van der Waals surface area contributed by atoms with Gasteiger partial charge in [-0.25, -0.2) is 0 Å². The van der Waals surface area contributed by atoms with Crippen molar-refractivity contribution in [3.8, 4) is 0 Å². The fraction of sp³-hybridized carbons (Fsp3) is 1.00. The maximum atomic E-state index is 11.9. The lowest BCUT2D eigenvalue weighted by Crippen LogP contribution is -2.40. The number of aliphatic hydroxyl groups excluding tert-OH is 1. The monoisotopic (exact) mass is 225 g/mol. The smallest absolute Gasteiger partial charge is 0.382 e. The standard InChI is InChI=1S/C10H18F3NO/c11-10(12,13)9(15)7-14-6-8-4-2-1-3-5-8/h8-9,14-15H,1-7H2. The van der Waals surface area contributed by atoms with Crippen molar-refractivity contribution in [1.82, 2.24) is 5.32 Å². The van der Waals surface area contributed by atoms with E-state index in [1.54, 1.807) is 0 Å². The fourth-order valence-corrected chi connectivity index (χ4v) is 1.93. The summed E-state index contributed by atoms with van der Waals surface area (Å²) in [7, 11) is 0. The van der Waals surface area contributed by atoms with Gasteiger partial charge in [-0.15, -0.1) is 0 Å². The quantitative estimate of drug-likeness (QED) is 0.767. The van der Waals surface area contributed by atoms with Crippen LogP contribution in [0.15, 0.2) is 0 Å². The lowest BCUT2D eigenvalue weighted by molar-refractivity contribution is -0.201. The topological polar surface area (TPSA) is 32.3 Å². The van der Waals surface area contributed by atoms with Crippen molar-refractivity contribution in [2.24, 2.45) is 5.92 Å². The summed E-state index contributed by atoms with van der Waals surface area (Å²) in [6.07, 6.45) is -0.963. The van der Waals surface area contributed by atoms with Crippen LogP contribution in [0.1, 0.15) is 32.1 Å². The molecule has 1 rings (SSSR count). The Labute approximate surface area is 87.9 Å². The molecule has 0 radical (unpaired) electrons. The van der Waals surface area contributed by atoms with Crippen molar-refractivity contribution in [3.05, 3.63) is 0 Å². The Hall–Kier alpha value is -0.290. The summed E-state index contributed by atoms with van der Waals surface area (Å²) < 4.78 is 35.8. The van der Waals surface area contributed by atoms with Crippen LogP contribution in [0.5, 0.6) is 0 Å². The number of halogens is 3. The average Bonchev–Trinajstić information content (AvgIpc) is 2.18. The van der Waals surface area contributed by atoms with Crippen LogP contribution in [0, 0.1) is 5.92 Å². The van der Waals surface area contributed by atoms with Gasteiger partial charge in [-0.3, -0.25) is 0 Å². The minimum Gasteiger partial charge on any atom is -0.382 e. The molecule has 0 saturated heterocycles. The van der Waals surface area contributed by atoms with E-state index in [0.717, 1.165) is 12.8 Å². The molecule has 0 bridgehead atoms. The van der Waals surface area contributed by atoms with Crippen molar-refractivity contribution in [1.29, 1.82) is 0 Å². The SMILES string of the molecule is OC(CNCC1CCCCC1)C(F)(F)F. The molecule has 1 fully saturated rings. The first-order chi connectivity index (χ1) is 7.00. The van der Waals surface area contributed by atoms with Gasteiger partial charge >= 0.3 is 6.18 Å². The lowest BCUT2D eigenvalue weighted by Gasteiger charge is -2.23. The van der Waals surface area contributed by atoms with Crippen molar-refractivity contribution in [2.45, 2.75) is 44.4 Å². The van der Waals surface area contributed by atoms with E-state index >= 15 is 0 Å². The molecule has 0 aromatic heterocycles. The number of nitrogens with one attached hydrogen (secondary N) is 1. The fourth-order valence-electron chi connectivity index (χ4n) is 1.93. The molecule has 1 saturated carbocycles. The van der Waals surface area contributed by atoms with Crippen LogP contribution in [-0.4, -0.2) is 30.5 Å². The molecule has 0 amide bonds. The van der Waals surface area contributed by atoms with Gasteiger partial charge in [0.25, 0.3) is 0 Å². The third-order valence-corrected chi connectivity index (χ3v) is 2.87. The van der Waals surface area contributed by atoms with E-state index in [1.165, 1.54) is 19.3 Å². The third kappa shape index (κ3) is 4.84. The van der Waals surface area contributed by atoms with Gasteiger partial charge < -0.3 is 10.4 Å². The highest BCUT2D eigenvalue weighted by atomic mass is 19.4. The van der Waals surface area contributed by atoms with Crippen LogP contribution in [0.4, 0.5) is 13.2 Å². The van der Waals surface area contributed by atoms with Crippen LogP contribution >= 0.6 is 0 Å². The lowest BCUT2D eigenvalue weighted by atomic mass is 9.89. The first-order valence-electron chi connectivity index (χ1n) is 5.45. The molecule has 0 aromatic carbocycles. The van der Waals surface area contributed by atoms with Crippen LogP contribution in [-0.2, 0) is 0 Å². The number of hydrogen-bond acceptors (Lipinski definition) is 2. The second kappa shape index (κ2) is 5.70. The van der Waals surface area contributed by atoms with Gasteiger partial charge in [0.15, 0.2) is 6.10 Å². The van der Waals surface area contributed by atoms with Gasteiger partial charge in [0.1, 0.15) is 0 Å². The Morgan fingerprint density at radius 2 is 1.80 bits per heavy atom. The molecule has 2 nitrogen and oxygen atoms in total. The summed E-state index contributed by atoms with van der Waals surface area (Å²) in [6, 6.07) is 0. The van der Waals surface area contributed by atoms with Crippen LogP contribution < -0.4 is 5.32 Å². The summed E-state index contributed by atoms with van der Waals surface area (Å²) in [4.78, 5) is 0. The van der Waals surface area contributed by atoms with Gasteiger partial charge in [-0.05, 0) is 25.3 Å².